The molecule has 21 heavy (non-hydrogen) atoms. The van der Waals surface area contributed by atoms with Gasteiger partial charge in [0.1, 0.15) is 25.4 Å². The SMILES string of the molecule is O=C1OCC(CCOCC(O)COCC2COC(=O)O2)O1. The molecular formula is C12H18O9. The van der Waals surface area contributed by atoms with E-state index in [2.05, 4.69) is 9.47 Å². The van der Waals surface area contributed by atoms with E-state index in [1.165, 1.54) is 0 Å². The van der Waals surface area contributed by atoms with Gasteiger partial charge in [-0.05, 0) is 0 Å². The van der Waals surface area contributed by atoms with E-state index in [1.807, 2.05) is 0 Å². The number of aliphatic hydroxyl groups is 1. The summed E-state index contributed by atoms with van der Waals surface area (Å²) in [5.74, 6) is 0. The third kappa shape index (κ3) is 5.74. The Morgan fingerprint density at radius 3 is 2.29 bits per heavy atom. The van der Waals surface area contributed by atoms with Crippen LogP contribution in [0.1, 0.15) is 6.42 Å². The van der Waals surface area contributed by atoms with Crippen molar-refractivity contribution in [1.29, 1.82) is 0 Å². The number of hydrogen-bond donors (Lipinski definition) is 1. The zero-order valence-electron chi connectivity index (χ0n) is 11.4. The van der Waals surface area contributed by atoms with Gasteiger partial charge in [0.15, 0.2) is 6.10 Å². The van der Waals surface area contributed by atoms with Gasteiger partial charge >= 0.3 is 12.3 Å². The van der Waals surface area contributed by atoms with Crippen LogP contribution in [0.2, 0.25) is 0 Å². The number of aliphatic hydroxyl groups excluding tert-OH is 1. The first-order chi connectivity index (χ1) is 10.1. The summed E-state index contributed by atoms with van der Waals surface area (Å²) in [6, 6.07) is 0. The fraction of sp³-hybridized carbons (Fsp3) is 0.833. The second kappa shape index (κ2) is 8.01. The van der Waals surface area contributed by atoms with Crippen LogP contribution in [0.3, 0.4) is 0 Å². The number of rotatable bonds is 9. The first kappa shape index (κ1) is 15.8. The maximum atomic E-state index is 10.7. The van der Waals surface area contributed by atoms with Gasteiger partial charge < -0.3 is 33.5 Å². The molecule has 0 radical (unpaired) electrons. The molecule has 3 atom stereocenters. The average molecular weight is 306 g/mol. The molecule has 2 heterocycles. The van der Waals surface area contributed by atoms with Gasteiger partial charge in [-0.3, -0.25) is 0 Å². The smallest absolute Gasteiger partial charge is 0.430 e. The normalized spacial score (nSPS) is 26.0. The largest absolute Gasteiger partial charge is 0.508 e. The lowest BCUT2D eigenvalue weighted by Crippen LogP contribution is -2.26. The highest BCUT2D eigenvalue weighted by Gasteiger charge is 2.26. The third-order valence-corrected chi connectivity index (χ3v) is 2.81. The summed E-state index contributed by atoms with van der Waals surface area (Å²) in [5.41, 5.74) is 0. The molecule has 0 bridgehead atoms. The Labute approximate surface area is 121 Å². The lowest BCUT2D eigenvalue weighted by Gasteiger charge is -2.13. The number of carbonyl (C=O) groups is 2. The van der Waals surface area contributed by atoms with E-state index >= 15 is 0 Å². The molecule has 3 unspecified atom stereocenters. The van der Waals surface area contributed by atoms with Crippen molar-refractivity contribution < 1.29 is 43.1 Å². The lowest BCUT2D eigenvalue weighted by atomic mass is 10.3. The highest BCUT2D eigenvalue weighted by atomic mass is 16.8. The van der Waals surface area contributed by atoms with Crippen molar-refractivity contribution in [3.8, 4) is 0 Å². The molecule has 0 saturated carbocycles. The monoisotopic (exact) mass is 306 g/mol. The minimum atomic E-state index is -0.787. The van der Waals surface area contributed by atoms with Gasteiger partial charge in [-0.25, -0.2) is 9.59 Å². The Morgan fingerprint density at radius 2 is 1.67 bits per heavy atom. The number of ether oxygens (including phenoxy) is 6. The number of hydrogen-bond acceptors (Lipinski definition) is 9. The highest BCUT2D eigenvalue weighted by molar-refractivity contribution is 5.62. The predicted molar refractivity (Wildman–Crippen MR) is 64.7 cm³/mol. The Balaban J connectivity index is 1.43. The molecular weight excluding hydrogens is 288 g/mol. The molecule has 2 aliphatic rings. The summed E-state index contributed by atoms with van der Waals surface area (Å²) in [7, 11) is 0. The van der Waals surface area contributed by atoms with Crippen LogP contribution in [0, 0.1) is 0 Å². The van der Waals surface area contributed by atoms with Gasteiger partial charge in [-0.1, -0.05) is 0 Å². The van der Waals surface area contributed by atoms with Gasteiger partial charge in [0.2, 0.25) is 0 Å². The quantitative estimate of drug-likeness (QED) is 0.459. The zero-order valence-corrected chi connectivity index (χ0v) is 11.4. The maximum Gasteiger partial charge on any atom is 0.508 e. The van der Waals surface area contributed by atoms with Crippen LogP contribution in [0.4, 0.5) is 9.59 Å². The van der Waals surface area contributed by atoms with Crippen LogP contribution in [0.5, 0.6) is 0 Å². The van der Waals surface area contributed by atoms with E-state index in [0.717, 1.165) is 0 Å². The predicted octanol–water partition coefficient (Wildman–Crippen LogP) is -0.159. The maximum absolute atomic E-state index is 10.7. The van der Waals surface area contributed by atoms with Crippen molar-refractivity contribution in [2.24, 2.45) is 0 Å². The van der Waals surface area contributed by atoms with E-state index < -0.39 is 24.5 Å². The summed E-state index contributed by atoms with van der Waals surface area (Å²) in [6.45, 7) is 1.06. The van der Waals surface area contributed by atoms with Gasteiger partial charge in [0.05, 0.1) is 26.4 Å². The molecule has 0 aromatic heterocycles. The summed E-state index contributed by atoms with van der Waals surface area (Å²) >= 11 is 0. The summed E-state index contributed by atoms with van der Waals surface area (Å²) in [6.07, 6.45) is -2.36. The summed E-state index contributed by atoms with van der Waals surface area (Å²) in [4.78, 5) is 21.3. The van der Waals surface area contributed by atoms with Crippen LogP contribution in [-0.2, 0) is 28.4 Å². The first-order valence-electron chi connectivity index (χ1n) is 6.64. The van der Waals surface area contributed by atoms with Gasteiger partial charge in [0, 0.05) is 6.42 Å². The van der Waals surface area contributed by atoms with E-state index in [9.17, 15) is 14.7 Å². The highest BCUT2D eigenvalue weighted by Crippen LogP contribution is 2.10. The van der Waals surface area contributed by atoms with Crippen LogP contribution in [0.15, 0.2) is 0 Å². The molecule has 2 fully saturated rings. The minimum absolute atomic E-state index is 0.0651. The molecule has 9 heteroatoms. The molecule has 2 saturated heterocycles. The number of cyclic esters (lactones) is 4. The zero-order chi connectivity index (χ0) is 15.1. The second-order valence-electron chi connectivity index (χ2n) is 4.66. The van der Waals surface area contributed by atoms with Crippen LogP contribution < -0.4 is 0 Å². The van der Waals surface area contributed by atoms with Crippen molar-refractivity contribution in [2.75, 3.05) is 39.6 Å². The van der Waals surface area contributed by atoms with Crippen LogP contribution in [-0.4, -0.2) is 75.4 Å². The Hall–Kier alpha value is -1.58. The van der Waals surface area contributed by atoms with E-state index in [0.29, 0.717) is 13.0 Å². The Morgan fingerprint density at radius 1 is 1.05 bits per heavy atom. The van der Waals surface area contributed by atoms with E-state index in [4.69, 9.17) is 18.9 Å². The van der Waals surface area contributed by atoms with Crippen LogP contribution in [0.25, 0.3) is 0 Å². The molecule has 1 N–H and O–H groups in total. The van der Waals surface area contributed by atoms with E-state index in [-0.39, 0.29) is 39.1 Å². The first-order valence-corrected chi connectivity index (χ1v) is 6.64. The molecule has 0 spiro atoms. The standard InChI is InChI=1S/C12H18O9/c13-8(4-17-5-10-7-19-12(15)21-10)3-16-2-1-9-6-18-11(14)20-9/h8-10,13H,1-7H2. The van der Waals surface area contributed by atoms with Crippen molar-refractivity contribution in [1.82, 2.24) is 0 Å². The van der Waals surface area contributed by atoms with Crippen molar-refractivity contribution in [3.63, 3.8) is 0 Å². The van der Waals surface area contributed by atoms with Gasteiger partial charge in [-0.15, -0.1) is 0 Å². The fourth-order valence-corrected chi connectivity index (χ4v) is 1.77. The second-order valence-corrected chi connectivity index (χ2v) is 4.66. The summed E-state index contributed by atoms with van der Waals surface area (Å²) < 4.78 is 29.2. The molecule has 2 aliphatic heterocycles. The van der Waals surface area contributed by atoms with Crippen LogP contribution >= 0.6 is 0 Å². The minimum Gasteiger partial charge on any atom is -0.430 e. The Bertz CT molecular complexity index is 359. The number of carbonyl (C=O) groups excluding carboxylic acids is 2. The molecule has 2 rings (SSSR count). The van der Waals surface area contributed by atoms with Gasteiger partial charge in [-0.2, -0.15) is 0 Å². The van der Waals surface area contributed by atoms with Crippen molar-refractivity contribution >= 4 is 12.3 Å². The molecule has 120 valence electrons. The average Bonchev–Trinajstić information content (AvgIpc) is 3.04. The molecule has 9 nitrogen and oxygen atoms in total. The lowest BCUT2D eigenvalue weighted by molar-refractivity contribution is -0.0381. The molecule has 0 aromatic rings. The third-order valence-electron chi connectivity index (χ3n) is 2.81. The Kier molecular flexibility index (Phi) is 6.03. The fourth-order valence-electron chi connectivity index (χ4n) is 1.77. The molecule has 0 amide bonds. The van der Waals surface area contributed by atoms with Crippen molar-refractivity contribution in [2.45, 2.75) is 24.7 Å². The van der Waals surface area contributed by atoms with Crippen molar-refractivity contribution in [3.05, 3.63) is 0 Å². The topological polar surface area (TPSA) is 110 Å². The van der Waals surface area contributed by atoms with E-state index in [1.54, 1.807) is 0 Å². The summed E-state index contributed by atoms with van der Waals surface area (Å²) in [5, 5.41) is 9.61. The molecule has 0 aromatic carbocycles. The molecule has 0 aliphatic carbocycles. The van der Waals surface area contributed by atoms with Gasteiger partial charge in [0.25, 0.3) is 0 Å².